The predicted octanol–water partition coefficient (Wildman–Crippen LogP) is 2.83. The number of carbonyl (C=O) groups is 1. The van der Waals surface area contributed by atoms with E-state index in [1.54, 1.807) is 0 Å². The van der Waals surface area contributed by atoms with E-state index in [0.29, 0.717) is 9.86 Å². The van der Waals surface area contributed by atoms with Crippen molar-refractivity contribution < 1.29 is 14.3 Å². The average Bonchev–Trinajstić information content (AvgIpc) is 2.23. The van der Waals surface area contributed by atoms with E-state index < -0.39 is 11.8 Å². The molecule has 0 saturated carbocycles. The van der Waals surface area contributed by atoms with Crippen LogP contribution in [-0.4, -0.2) is 16.1 Å². The first-order chi connectivity index (χ1) is 7.11. The molecule has 0 spiro atoms. The molecule has 0 radical (unpaired) electrons. The molecule has 0 saturated heterocycles. The summed E-state index contributed by atoms with van der Waals surface area (Å²) >= 11 is 3.04. The summed E-state index contributed by atoms with van der Waals surface area (Å²) < 4.78 is 13.9. The minimum absolute atomic E-state index is 0.140. The molecule has 1 N–H and O–H groups in total. The summed E-state index contributed by atoms with van der Waals surface area (Å²) in [6, 6.07) is 4.44. The Labute approximate surface area is 92.7 Å². The smallest absolute Gasteiger partial charge is 0.355 e. The summed E-state index contributed by atoms with van der Waals surface area (Å²) in [6.07, 6.45) is 1.28. The Bertz CT molecular complexity index is 556. The SMILES string of the molecule is O=C(O)c1nccc2c(F)c(Br)ccc12. The molecule has 1 aromatic carbocycles. The second kappa shape index (κ2) is 3.58. The van der Waals surface area contributed by atoms with Crippen molar-refractivity contribution in [2.45, 2.75) is 0 Å². The van der Waals surface area contributed by atoms with Crippen molar-refractivity contribution in [1.29, 1.82) is 0 Å². The number of aromatic carboxylic acids is 1. The number of aromatic nitrogens is 1. The van der Waals surface area contributed by atoms with E-state index >= 15 is 0 Å². The highest BCUT2D eigenvalue weighted by molar-refractivity contribution is 9.10. The number of fused-ring (bicyclic) bond motifs is 1. The third-order valence-corrected chi connectivity index (χ3v) is 2.65. The zero-order chi connectivity index (χ0) is 11.0. The Morgan fingerprint density at radius 3 is 2.73 bits per heavy atom. The molecule has 76 valence electrons. The van der Waals surface area contributed by atoms with Gasteiger partial charge in [-0.05, 0) is 28.1 Å². The Balaban J connectivity index is 2.89. The molecular weight excluding hydrogens is 265 g/mol. The summed E-state index contributed by atoms with van der Waals surface area (Å²) in [5.41, 5.74) is -0.140. The van der Waals surface area contributed by atoms with Crippen LogP contribution < -0.4 is 0 Å². The molecule has 0 amide bonds. The van der Waals surface area contributed by atoms with E-state index in [-0.39, 0.29) is 11.1 Å². The number of pyridine rings is 1. The molecule has 15 heavy (non-hydrogen) atoms. The summed E-state index contributed by atoms with van der Waals surface area (Å²) in [6.45, 7) is 0. The molecule has 2 rings (SSSR count). The van der Waals surface area contributed by atoms with Gasteiger partial charge < -0.3 is 5.11 Å². The third kappa shape index (κ3) is 1.59. The van der Waals surface area contributed by atoms with Gasteiger partial charge in [0.2, 0.25) is 0 Å². The molecule has 0 aliphatic heterocycles. The van der Waals surface area contributed by atoms with Gasteiger partial charge >= 0.3 is 5.97 Å². The van der Waals surface area contributed by atoms with Crippen LogP contribution in [0.1, 0.15) is 10.5 Å². The average molecular weight is 270 g/mol. The van der Waals surface area contributed by atoms with Crippen LogP contribution in [0.2, 0.25) is 0 Å². The number of rotatable bonds is 1. The number of nitrogens with zero attached hydrogens (tertiary/aromatic N) is 1. The standard InChI is InChI=1S/C10H5BrFNO2/c11-7-2-1-6-5(8(7)12)3-4-13-9(6)10(14)15/h1-4H,(H,14,15). The fraction of sp³-hybridized carbons (Fsp3) is 0. The highest BCUT2D eigenvalue weighted by Gasteiger charge is 2.13. The number of benzene rings is 1. The lowest BCUT2D eigenvalue weighted by atomic mass is 10.1. The van der Waals surface area contributed by atoms with Crippen LogP contribution in [0, 0.1) is 5.82 Å². The molecule has 0 aliphatic carbocycles. The van der Waals surface area contributed by atoms with Gasteiger partial charge in [0, 0.05) is 17.0 Å². The Morgan fingerprint density at radius 2 is 2.07 bits per heavy atom. The topological polar surface area (TPSA) is 50.2 Å². The maximum atomic E-state index is 13.6. The minimum Gasteiger partial charge on any atom is -0.476 e. The van der Waals surface area contributed by atoms with E-state index in [4.69, 9.17) is 5.11 Å². The van der Waals surface area contributed by atoms with Crippen LogP contribution in [0.4, 0.5) is 4.39 Å². The van der Waals surface area contributed by atoms with Crippen LogP contribution in [0.25, 0.3) is 10.8 Å². The number of carboxylic acids is 1. The molecule has 1 aromatic heterocycles. The molecule has 0 aliphatic rings. The fourth-order valence-corrected chi connectivity index (χ4v) is 1.71. The fourth-order valence-electron chi connectivity index (χ4n) is 1.36. The third-order valence-electron chi connectivity index (χ3n) is 2.04. The second-order valence-corrected chi connectivity index (χ2v) is 3.78. The van der Waals surface area contributed by atoms with Gasteiger partial charge in [0.1, 0.15) is 5.82 Å². The van der Waals surface area contributed by atoms with E-state index in [9.17, 15) is 9.18 Å². The van der Waals surface area contributed by atoms with Gasteiger partial charge in [0.25, 0.3) is 0 Å². The zero-order valence-corrected chi connectivity index (χ0v) is 8.95. The van der Waals surface area contributed by atoms with Crippen LogP contribution in [0.5, 0.6) is 0 Å². The van der Waals surface area contributed by atoms with Gasteiger partial charge in [0.05, 0.1) is 4.47 Å². The Hall–Kier alpha value is -1.49. The monoisotopic (exact) mass is 269 g/mol. The van der Waals surface area contributed by atoms with Crippen molar-refractivity contribution in [3.05, 3.63) is 40.4 Å². The van der Waals surface area contributed by atoms with Crippen LogP contribution in [0.3, 0.4) is 0 Å². The quantitative estimate of drug-likeness (QED) is 0.866. The molecule has 2 aromatic rings. The van der Waals surface area contributed by atoms with E-state index in [2.05, 4.69) is 20.9 Å². The highest BCUT2D eigenvalue weighted by Crippen LogP contribution is 2.26. The van der Waals surface area contributed by atoms with E-state index in [1.807, 2.05) is 0 Å². The van der Waals surface area contributed by atoms with E-state index in [0.717, 1.165) is 0 Å². The lowest BCUT2D eigenvalue weighted by molar-refractivity contribution is 0.0693. The molecule has 0 fully saturated rings. The minimum atomic E-state index is -1.16. The summed E-state index contributed by atoms with van der Waals surface area (Å²) in [7, 11) is 0. The first-order valence-corrected chi connectivity index (χ1v) is 4.86. The molecular formula is C10H5BrFNO2. The van der Waals surface area contributed by atoms with Crippen LogP contribution >= 0.6 is 15.9 Å². The lowest BCUT2D eigenvalue weighted by Gasteiger charge is -2.03. The van der Waals surface area contributed by atoms with Crippen LogP contribution in [-0.2, 0) is 0 Å². The molecule has 3 nitrogen and oxygen atoms in total. The molecule has 0 bridgehead atoms. The Kier molecular flexibility index (Phi) is 2.40. The van der Waals surface area contributed by atoms with Crippen molar-refractivity contribution in [2.75, 3.05) is 0 Å². The number of carboxylic acid groups (broad SMARTS) is 1. The van der Waals surface area contributed by atoms with Crippen molar-refractivity contribution in [1.82, 2.24) is 4.98 Å². The van der Waals surface area contributed by atoms with Gasteiger partial charge in [0.15, 0.2) is 5.69 Å². The first kappa shape index (κ1) is 10.0. The molecule has 0 unspecified atom stereocenters. The first-order valence-electron chi connectivity index (χ1n) is 4.07. The molecule has 0 atom stereocenters. The van der Waals surface area contributed by atoms with Gasteiger partial charge in [-0.3, -0.25) is 0 Å². The largest absolute Gasteiger partial charge is 0.476 e. The summed E-state index contributed by atoms with van der Waals surface area (Å²) in [4.78, 5) is 14.5. The van der Waals surface area contributed by atoms with Gasteiger partial charge in [-0.1, -0.05) is 6.07 Å². The van der Waals surface area contributed by atoms with Gasteiger partial charge in [-0.15, -0.1) is 0 Å². The number of hydrogen-bond acceptors (Lipinski definition) is 2. The van der Waals surface area contributed by atoms with Crippen molar-refractivity contribution in [2.24, 2.45) is 0 Å². The van der Waals surface area contributed by atoms with Crippen molar-refractivity contribution in [3.8, 4) is 0 Å². The Morgan fingerprint density at radius 1 is 1.33 bits per heavy atom. The maximum Gasteiger partial charge on any atom is 0.355 e. The second-order valence-electron chi connectivity index (χ2n) is 2.92. The number of hydrogen-bond donors (Lipinski definition) is 1. The molecule has 1 heterocycles. The predicted molar refractivity (Wildman–Crippen MR) is 56.4 cm³/mol. The van der Waals surface area contributed by atoms with E-state index in [1.165, 1.54) is 24.4 Å². The zero-order valence-electron chi connectivity index (χ0n) is 7.37. The van der Waals surface area contributed by atoms with Crippen LogP contribution in [0.15, 0.2) is 28.9 Å². The normalized spacial score (nSPS) is 10.5. The maximum absolute atomic E-state index is 13.6. The highest BCUT2D eigenvalue weighted by atomic mass is 79.9. The van der Waals surface area contributed by atoms with Crippen molar-refractivity contribution in [3.63, 3.8) is 0 Å². The summed E-state index contributed by atoms with van der Waals surface area (Å²) in [5.74, 6) is -1.64. The van der Waals surface area contributed by atoms with Gasteiger partial charge in [-0.25, -0.2) is 14.2 Å². The lowest BCUT2D eigenvalue weighted by Crippen LogP contribution is -2.01. The summed E-state index contributed by atoms with van der Waals surface area (Å²) in [5, 5.41) is 9.39. The molecule has 5 heteroatoms. The van der Waals surface area contributed by atoms with Crippen molar-refractivity contribution >= 4 is 32.7 Å². The van der Waals surface area contributed by atoms with Gasteiger partial charge in [-0.2, -0.15) is 0 Å². The number of halogens is 2.